The van der Waals surface area contributed by atoms with E-state index in [2.05, 4.69) is 10.6 Å². The number of ether oxygens (including phenoxy) is 1. The highest BCUT2D eigenvalue weighted by atomic mass is 16.5. The second kappa shape index (κ2) is 8.16. The molecule has 8 heteroatoms. The van der Waals surface area contributed by atoms with Gasteiger partial charge in [0, 0.05) is 13.1 Å². The fourth-order valence-corrected chi connectivity index (χ4v) is 3.90. The molecular weight excluding hydrogens is 384 g/mol. The van der Waals surface area contributed by atoms with E-state index in [1.807, 2.05) is 30.3 Å². The molecule has 8 nitrogen and oxygen atoms in total. The van der Waals surface area contributed by atoms with Crippen molar-refractivity contribution >= 4 is 23.4 Å². The Kier molecular flexibility index (Phi) is 5.41. The van der Waals surface area contributed by atoms with Crippen molar-refractivity contribution < 1.29 is 19.1 Å². The van der Waals surface area contributed by atoms with E-state index in [0.29, 0.717) is 24.3 Å². The van der Waals surface area contributed by atoms with Gasteiger partial charge in [0.25, 0.3) is 5.91 Å². The number of nitrogens with zero attached hydrogens (tertiary/aromatic N) is 2. The minimum Gasteiger partial charge on any atom is -0.497 e. The number of carbonyl (C=O) groups excluding carboxylic acids is 3. The average molecular weight is 408 g/mol. The Morgan fingerprint density at radius 3 is 2.57 bits per heavy atom. The first-order chi connectivity index (χ1) is 14.5. The van der Waals surface area contributed by atoms with Crippen LogP contribution in [0.4, 0.5) is 5.69 Å². The largest absolute Gasteiger partial charge is 0.497 e. The van der Waals surface area contributed by atoms with Crippen molar-refractivity contribution in [1.82, 2.24) is 15.1 Å². The summed E-state index contributed by atoms with van der Waals surface area (Å²) in [6.07, 6.45) is 0. The zero-order valence-corrected chi connectivity index (χ0v) is 17.0. The highest BCUT2D eigenvalue weighted by Crippen LogP contribution is 2.31. The topological polar surface area (TPSA) is 91.0 Å². The number of likely N-dealkylation sites (N-methyl/N-ethyl adjacent to an activating group) is 1. The third kappa shape index (κ3) is 3.61. The van der Waals surface area contributed by atoms with E-state index in [1.54, 1.807) is 36.1 Å². The molecule has 1 saturated heterocycles. The molecule has 1 fully saturated rings. The first-order valence-electron chi connectivity index (χ1n) is 9.84. The summed E-state index contributed by atoms with van der Waals surface area (Å²) in [4.78, 5) is 41.6. The summed E-state index contributed by atoms with van der Waals surface area (Å²) < 4.78 is 5.20. The molecule has 2 aliphatic heterocycles. The van der Waals surface area contributed by atoms with Crippen LogP contribution in [0.1, 0.15) is 10.4 Å². The predicted molar refractivity (Wildman–Crippen MR) is 112 cm³/mol. The number of carbonyl (C=O) groups is 3. The highest BCUT2D eigenvalue weighted by Gasteiger charge is 2.40. The van der Waals surface area contributed by atoms with Gasteiger partial charge in [-0.25, -0.2) is 0 Å². The second-order valence-electron chi connectivity index (χ2n) is 7.36. The maximum Gasteiger partial charge on any atom is 0.256 e. The maximum absolute atomic E-state index is 13.3. The van der Waals surface area contributed by atoms with Gasteiger partial charge < -0.3 is 25.2 Å². The van der Waals surface area contributed by atoms with Crippen molar-refractivity contribution in [3.05, 3.63) is 48.0 Å². The molecule has 2 aromatic rings. The first-order valence-corrected chi connectivity index (χ1v) is 9.84. The number of benzene rings is 2. The summed E-state index contributed by atoms with van der Waals surface area (Å²) in [6, 6.07) is 12.3. The Hall–Kier alpha value is -3.39. The molecule has 0 unspecified atom stereocenters. The van der Waals surface area contributed by atoms with Crippen LogP contribution in [0.3, 0.4) is 0 Å². The van der Waals surface area contributed by atoms with Crippen molar-refractivity contribution in [3.63, 3.8) is 0 Å². The molecule has 0 spiro atoms. The zero-order valence-electron chi connectivity index (χ0n) is 17.0. The Bertz CT molecular complexity index is 989. The van der Waals surface area contributed by atoms with Gasteiger partial charge in [-0.05, 0) is 42.4 Å². The zero-order chi connectivity index (χ0) is 21.3. The SMILES string of the molecule is CNCC(=O)N1CCN2C(=O)c3cc(-c4ccc(OC)cc4)ccc3NC(=O)[C@H]2C1. The molecule has 1 atom stereocenters. The number of rotatable bonds is 4. The molecule has 2 N–H and O–H groups in total. The van der Waals surface area contributed by atoms with Gasteiger partial charge in [-0.3, -0.25) is 14.4 Å². The van der Waals surface area contributed by atoms with Gasteiger partial charge in [0.1, 0.15) is 11.8 Å². The summed E-state index contributed by atoms with van der Waals surface area (Å²) in [5.74, 6) is 0.192. The van der Waals surface area contributed by atoms with Gasteiger partial charge in [-0.2, -0.15) is 0 Å². The highest BCUT2D eigenvalue weighted by molar-refractivity contribution is 6.10. The fourth-order valence-electron chi connectivity index (χ4n) is 3.90. The third-order valence-electron chi connectivity index (χ3n) is 5.56. The number of methoxy groups -OCH3 is 1. The molecule has 4 rings (SSSR count). The van der Waals surface area contributed by atoms with Crippen LogP contribution in [0, 0.1) is 0 Å². The molecule has 30 heavy (non-hydrogen) atoms. The van der Waals surface area contributed by atoms with E-state index < -0.39 is 6.04 Å². The van der Waals surface area contributed by atoms with Gasteiger partial charge in [0.05, 0.1) is 31.5 Å². The minimum atomic E-state index is -0.705. The van der Waals surface area contributed by atoms with Crippen LogP contribution in [-0.2, 0) is 9.59 Å². The van der Waals surface area contributed by atoms with Gasteiger partial charge in [0.2, 0.25) is 11.8 Å². The lowest BCUT2D eigenvalue weighted by atomic mass is 10.0. The van der Waals surface area contributed by atoms with Crippen molar-refractivity contribution in [2.24, 2.45) is 0 Å². The molecule has 0 saturated carbocycles. The number of fused-ring (bicyclic) bond motifs is 2. The van der Waals surface area contributed by atoms with E-state index in [0.717, 1.165) is 16.9 Å². The van der Waals surface area contributed by atoms with Crippen LogP contribution in [0.5, 0.6) is 5.75 Å². The molecular formula is C22H24N4O4. The van der Waals surface area contributed by atoms with Crippen LogP contribution in [0.15, 0.2) is 42.5 Å². The average Bonchev–Trinajstić information content (AvgIpc) is 2.88. The molecule has 156 valence electrons. The fraction of sp³-hybridized carbons (Fsp3) is 0.318. The smallest absolute Gasteiger partial charge is 0.256 e. The van der Waals surface area contributed by atoms with Crippen LogP contribution in [0.2, 0.25) is 0 Å². The Labute approximate surface area is 174 Å². The van der Waals surface area contributed by atoms with Gasteiger partial charge in [-0.15, -0.1) is 0 Å². The number of piperazine rings is 1. The molecule has 3 amide bonds. The van der Waals surface area contributed by atoms with Crippen molar-refractivity contribution in [2.45, 2.75) is 6.04 Å². The monoisotopic (exact) mass is 408 g/mol. The second-order valence-corrected chi connectivity index (χ2v) is 7.36. The lowest BCUT2D eigenvalue weighted by Crippen LogP contribution is -2.60. The van der Waals surface area contributed by atoms with Crippen LogP contribution in [-0.4, -0.2) is 73.9 Å². The normalized spacial score (nSPS) is 18.3. The summed E-state index contributed by atoms with van der Waals surface area (Å²) in [6.45, 7) is 1.12. The Morgan fingerprint density at radius 1 is 1.13 bits per heavy atom. The van der Waals surface area contributed by atoms with Crippen LogP contribution in [0.25, 0.3) is 11.1 Å². The first kappa shape index (κ1) is 19.9. The number of amides is 3. The third-order valence-corrected chi connectivity index (χ3v) is 5.56. The van der Waals surface area contributed by atoms with Crippen molar-refractivity contribution in [2.75, 3.05) is 45.7 Å². The standard InChI is InChI=1S/C22H24N4O4/c1-23-12-20(27)25-9-10-26-19(13-25)21(28)24-18-8-5-15(11-17(18)22(26)29)14-3-6-16(30-2)7-4-14/h3-8,11,19,23H,9-10,12-13H2,1-2H3,(H,24,28)/t19-/m1/s1. The molecule has 0 aliphatic carbocycles. The Balaban J connectivity index is 1.63. The molecule has 2 aromatic carbocycles. The molecule has 2 aliphatic rings. The quantitative estimate of drug-likeness (QED) is 0.793. The summed E-state index contributed by atoms with van der Waals surface area (Å²) in [7, 11) is 3.31. The van der Waals surface area contributed by atoms with Gasteiger partial charge in [0.15, 0.2) is 0 Å². The number of nitrogens with one attached hydrogen (secondary N) is 2. The van der Waals surface area contributed by atoms with Crippen LogP contribution >= 0.6 is 0 Å². The van der Waals surface area contributed by atoms with Gasteiger partial charge in [-0.1, -0.05) is 18.2 Å². The van der Waals surface area contributed by atoms with E-state index in [4.69, 9.17) is 4.74 Å². The van der Waals surface area contributed by atoms with Crippen molar-refractivity contribution in [3.8, 4) is 16.9 Å². The molecule has 2 heterocycles. The Morgan fingerprint density at radius 2 is 1.87 bits per heavy atom. The molecule has 0 aromatic heterocycles. The van der Waals surface area contributed by atoms with Crippen LogP contribution < -0.4 is 15.4 Å². The van der Waals surface area contributed by atoms with Crippen molar-refractivity contribution in [1.29, 1.82) is 0 Å². The van der Waals surface area contributed by atoms with E-state index >= 15 is 0 Å². The summed E-state index contributed by atoms with van der Waals surface area (Å²) >= 11 is 0. The van der Waals surface area contributed by atoms with Gasteiger partial charge >= 0.3 is 0 Å². The predicted octanol–water partition coefficient (Wildman–Crippen LogP) is 1.19. The number of hydrogen-bond donors (Lipinski definition) is 2. The molecule has 0 bridgehead atoms. The summed E-state index contributed by atoms with van der Waals surface area (Å²) in [5.41, 5.74) is 2.76. The minimum absolute atomic E-state index is 0.0825. The summed E-state index contributed by atoms with van der Waals surface area (Å²) in [5, 5.41) is 5.70. The van der Waals surface area contributed by atoms with E-state index in [-0.39, 0.29) is 30.8 Å². The number of hydrogen-bond acceptors (Lipinski definition) is 5. The molecule has 0 radical (unpaired) electrons. The lowest BCUT2D eigenvalue weighted by molar-refractivity contribution is -0.134. The maximum atomic E-state index is 13.3. The lowest BCUT2D eigenvalue weighted by Gasteiger charge is -2.39. The van der Waals surface area contributed by atoms with E-state index in [9.17, 15) is 14.4 Å². The number of anilines is 1. The van der Waals surface area contributed by atoms with E-state index in [1.165, 1.54) is 0 Å².